The lowest BCUT2D eigenvalue weighted by Crippen LogP contribution is -2.46. The van der Waals surface area contributed by atoms with Crippen LogP contribution in [0.25, 0.3) is 0 Å². The smallest absolute Gasteiger partial charge is 0.264 e. The van der Waals surface area contributed by atoms with Crippen molar-refractivity contribution in [1.82, 2.24) is 0 Å². The van der Waals surface area contributed by atoms with E-state index < -0.39 is 17.4 Å². The molecule has 1 amide bonds. The minimum atomic E-state index is -2.04. The lowest BCUT2D eigenvalue weighted by molar-refractivity contribution is -0.137. The fourth-order valence-corrected chi connectivity index (χ4v) is 4.15. The second-order valence-electron chi connectivity index (χ2n) is 7.45. The van der Waals surface area contributed by atoms with Gasteiger partial charge in [0.15, 0.2) is 11.4 Å². The van der Waals surface area contributed by atoms with Crippen LogP contribution in [0.4, 0.5) is 5.69 Å². The summed E-state index contributed by atoms with van der Waals surface area (Å²) in [5, 5.41) is 11.9. The molecular weight excluding hydrogens is 394 g/mol. The van der Waals surface area contributed by atoms with E-state index in [4.69, 9.17) is 9.47 Å². The van der Waals surface area contributed by atoms with Crippen molar-refractivity contribution in [2.24, 2.45) is 0 Å². The number of carbonyl (C=O) groups excluding carboxylic acids is 2. The van der Waals surface area contributed by atoms with Gasteiger partial charge in [-0.25, -0.2) is 0 Å². The molecule has 2 atom stereocenters. The normalized spacial score (nSPS) is 18.5. The van der Waals surface area contributed by atoms with Gasteiger partial charge in [0.25, 0.3) is 5.91 Å². The molecule has 1 heterocycles. The molecule has 3 aromatic rings. The SMILES string of the molecule is COc1ccc(C(=O)[C@H](c2ccc(OC)cc2)[C@@]2(O)C(=O)N(C)c3ccccc32)cc1. The molecule has 0 aliphatic carbocycles. The van der Waals surface area contributed by atoms with Crippen LogP contribution in [0, 0.1) is 0 Å². The molecule has 6 nitrogen and oxygen atoms in total. The number of fused-ring (bicyclic) bond motifs is 1. The number of hydrogen-bond donors (Lipinski definition) is 1. The molecule has 6 heteroatoms. The number of para-hydroxylation sites is 1. The maximum Gasteiger partial charge on any atom is 0.264 e. The summed E-state index contributed by atoms with van der Waals surface area (Å²) in [6.07, 6.45) is 0. The largest absolute Gasteiger partial charge is 0.497 e. The van der Waals surface area contributed by atoms with Crippen LogP contribution < -0.4 is 14.4 Å². The van der Waals surface area contributed by atoms with Gasteiger partial charge in [0.2, 0.25) is 0 Å². The van der Waals surface area contributed by atoms with E-state index in [1.54, 1.807) is 94.1 Å². The number of anilines is 1. The molecule has 0 saturated heterocycles. The number of nitrogens with zero attached hydrogens (tertiary/aromatic N) is 1. The Balaban J connectivity index is 1.90. The van der Waals surface area contributed by atoms with Gasteiger partial charge in [-0.2, -0.15) is 0 Å². The highest BCUT2D eigenvalue weighted by molar-refractivity contribution is 6.13. The second-order valence-corrected chi connectivity index (χ2v) is 7.45. The number of Topliss-reactive ketones (excluding diaryl/α,β-unsaturated/α-hetero) is 1. The Labute approximate surface area is 180 Å². The molecule has 0 radical (unpaired) electrons. The second kappa shape index (κ2) is 7.89. The van der Waals surface area contributed by atoms with Gasteiger partial charge in [0.1, 0.15) is 11.5 Å². The molecule has 1 N–H and O–H groups in total. The summed E-state index contributed by atoms with van der Waals surface area (Å²) in [7, 11) is 4.69. The number of ether oxygens (including phenoxy) is 2. The monoisotopic (exact) mass is 417 g/mol. The van der Waals surface area contributed by atoms with Crippen molar-refractivity contribution in [3.63, 3.8) is 0 Å². The number of benzene rings is 3. The number of amides is 1. The Bertz CT molecular complexity index is 1120. The maximum absolute atomic E-state index is 13.8. The Kier molecular flexibility index (Phi) is 5.25. The van der Waals surface area contributed by atoms with Gasteiger partial charge in [0.05, 0.1) is 25.8 Å². The molecule has 0 bridgehead atoms. The van der Waals surface area contributed by atoms with E-state index in [0.29, 0.717) is 33.9 Å². The number of rotatable bonds is 6. The van der Waals surface area contributed by atoms with Crippen LogP contribution >= 0.6 is 0 Å². The first-order chi connectivity index (χ1) is 14.9. The van der Waals surface area contributed by atoms with E-state index in [0.717, 1.165) is 0 Å². The Morgan fingerprint density at radius 1 is 0.903 bits per heavy atom. The van der Waals surface area contributed by atoms with Gasteiger partial charge >= 0.3 is 0 Å². The third-order valence-corrected chi connectivity index (χ3v) is 5.81. The molecule has 0 spiro atoms. The molecule has 1 aliphatic rings. The van der Waals surface area contributed by atoms with Crippen LogP contribution in [-0.2, 0) is 10.4 Å². The Morgan fingerprint density at radius 2 is 1.45 bits per heavy atom. The molecule has 1 aliphatic heterocycles. The molecule has 0 saturated carbocycles. The molecule has 158 valence electrons. The number of hydrogen-bond acceptors (Lipinski definition) is 5. The zero-order chi connectivity index (χ0) is 22.2. The van der Waals surface area contributed by atoms with Crippen LogP contribution in [0.1, 0.15) is 27.4 Å². The Hall–Kier alpha value is -3.64. The fourth-order valence-electron chi connectivity index (χ4n) is 4.15. The summed E-state index contributed by atoms with van der Waals surface area (Å²) >= 11 is 0. The maximum atomic E-state index is 13.8. The van der Waals surface area contributed by atoms with Crippen LogP contribution in [0.5, 0.6) is 11.5 Å². The van der Waals surface area contributed by atoms with Crippen LogP contribution in [0.15, 0.2) is 72.8 Å². The van der Waals surface area contributed by atoms with Crippen LogP contribution in [0.3, 0.4) is 0 Å². The average molecular weight is 417 g/mol. The molecular formula is C25H23NO5. The quantitative estimate of drug-likeness (QED) is 0.621. The minimum Gasteiger partial charge on any atom is -0.497 e. The van der Waals surface area contributed by atoms with Crippen molar-refractivity contribution in [3.8, 4) is 11.5 Å². The van der Waals surface area contributed by atoms with Gasteiger partial charge in [-0.15, -0.1) is 0 Å². The summed E-state index contributed by atoms with van der Waals surface area (Å²) in [4.78, 5) is 28.5. The molecule has 3 aromatic carbocycles. The van der Waals surface area contributed by atoms with Gasteiger partial charge in [-0.05, 0) is 48.0 Å². The van der Waals surface area contributed by atoms with Crippen molar-refractivity contribution in [3.05, 3.63) is 89.5 Å². The number of likely N-dealkylation sites (N-methyl/N-ethyl adjacent to an activating group) is 1. The van der Waals surface area contributed by atoms with Crippen LogP contribution in [-0.4, -0.2) is 38.1 Å². The van der Waals surface area contributed by atoms with E-state index in [1.807, 2.05) is 0 Å². The van der Waals surface area contributed by atoms with E-state index in [1.165, 1.54) is 4.90 Å². The van der Waals surface area contributed by atoms with Crippen molar-refractivity contribution < 1.29 is 24.2 Å². The highest BCUT2D eigenvalue weighted by Gasteiger charge is 2.56. The number of ketones is 1. The van der Waals surface area contributed by atoms with Crippen molar-refractivity contribution in [1.29, 1.82) is 0 Å². The van der Waals surface area contributed by atoms with Gasteiger partial charge in [-0.3, -0.25) is 9.59 Å². The molecule has 0 fully saturated rings. The minimum absolute atomic E-state index is 0.367. The summed E-state index contributed by atoms with van der Waals surface area (Å²) in [6, 6.07) is 20.5. The number of carbonyl (C=O) groups is 2. The first kappa shape index (κ1) is 20.6. The molecule has 0 aromatic heterocycles. The third kappa shape index (κ3) is 3.25. The van der Waals surface area contributed by atoms with Crippen molar-refractivity contribution >= 4 is 17.4 Å². The average Bonchev–Trinajstić information content (AvgIpc) is 3.01. The summed E-state index contributed by atoms with van der Waals surface area (Å²) in [5.41, 5.74) is -0.171. The van der Waals surface area contributed by atoms with E-state index in [2.05, 4.69) is 0 Å². The van der Waals surface area contributed by atoms with E-state index in [-0.39, 0.29) is 5.78 Å². The van der Waals surface area contributed by atoms with Crippen LogP contribution in [0.2, 0.25) is 0 Å². The van der Waals surface area contributed by atoms with Crippen molar-refractivity contribution in [2.45, 2.75) is 11.5 Å². The van der Waals surface area contributed by atoms with Gasteiger partial charge in [-0.1, -0.05) is 30.3 Å². The van der Waals surface area contributed by atoms with Gasteiger partial charge < -0.3 is 19.5 Å². The van der Waals surface area contributed by atoms with Gasteiger partial charge in [0, 0.05) is 18.2 Å². The highest BCUT2D eigenvalue weighted by Crippen LogP contribution is 2.49. The molecule has 4 rings (SSSR count). The Morgan fingerprint density at radius 3 is 2.03 bits per heavy atom. The first-order valence-electron chi connectivity index (χ1n) is 9.84. The number of methoxy groups -OCH3 is 2. The molecule has 0 unspecified atom stereocenters. The molecule has 31 heavy (non-hydrogen) atoms. The predicted octanol–water partition coefficient (Wildman–Crippen LogP) is 3.53. The summed E-state index contributed by atoms with van der Waals surface area (Å²) in [6.45, 7) is 0. The third-order valence-electron chi connectivity index (χ3n) is 5.81. The summed E-state index contributed by atoms with van der Waals surface area (Å²) in [5.74, 6) is -0.838. The zero-order valence-corrected chi connectivity index (χ0v) is 17.5. The predicted molar refractivity (Wildman–Crippen MR) is 117 cm³/mol. The fraction of sp³-hybridized carbons (Fsp3) is 0.200. The number of aliphatic hydroxyl groups is 1. The topological polar surface area (TPSA) is 76.1 Å². The standard InChI is InChI=1S/C25H23NO5/c1-26-21-7-5-4-6-20(21)25(29,24(26)28)22(16-8-12-18(30-2)13-9-16)23(27)17-10-14-19(31-3)15-11-17/h4-15,22,29H,1-3H3/t22-,25+/m0/s1. The summed E-state index contributed by atoms with van der Waals surface area (Å²) < 4.78 is 10.4. The van der Waals surface area contributed by atoms with E-state index in [9.17, 15) is 14.7 Å². The van der Waals surface area contributed by atoms with Crippen molar-refractivity contribution in [2.75, 3.05) is 26.2 Å². The van der Waals surface area contributed by atoms with E-state index >= 15 is 0 Å². The lowest BCUT2D eigenvalue weighted by Gasteiger charge is -2.31. The first-order valence-corrected chi connectivity index (χ1v) is 9.84. The highest BCUT2D eigenvalue weighted by atomic mass is 16.5. The lowest BCUT2D eigenvalue weighted by atomic mass is 9.74. The zero-order valence-electron chi connectivity index (χ0n) is 17.5.